The molecule has 1 aromatic heterocycles. The summed E-state index contributed by atoms with van der Waals surface area (Å²) in [6.07, 6.45) is 3.78. The number of hydrogen-bond acceptors (Lipinski definition) is 7. The first-order chi connectivity index (χ1) is 16.0. The predicted octanol–water partition coefficient (Wildman–Crippen LogP) is 4.30. The Morgan fingerprint density at radius 3 is 2.70 bits per heavy atom. The monoisotopic (exact) mass is 450 g/mol. The van der Waals surface area contributed by atoms with Gasteiger partial charge in [0.25, 0.3) is 0 Å². The fourth-order valence-electron chi connectivity index (χ4n) is 4.70. The summed E-state index contributed by atoms with van der Waals surface area (Å²) >= 11 is 0. The summed E-state index contributed by atoms with van der Waals surface area (Å²) in [6, 6.07) is 9.63. The number of hydrogen-bond donors (Lipinski definition) is 2. The van der Waals surface area contributed by atoms with Crippen LogP contribution in [0.1, 0.15) is 78.7 Å². The molecule has 0 radical (unpaired) electrons. The van der Waals surface area contributed by atoms with Crippen LogP contribution in [-0.2, 0) is 17.6 Å². The van der Waals surface area contributed by atoms with Crippen LogP contribution < -0.4 is 0 Å². The van der Waals surface area contributed by atoms with Gasteiger partial charge in [-0.2, -0.15) is 0 Å². The molecule has 4 rings (SSSR count). The van der Waals surface area contributed by atoms with Crippen LogP contribution in [-0.4, -0.2) is 45.3 Å². The summed E-state index contributed by atoms with van der Waals surface area (Å²) in [5.41, 5.74) is 2.98. The van der Waals surface area contributed by atoms with Gasteiger partial charge in [-0.1, -0.05) is 42.4 Å². The van der Waals surface area contributed by atoms with E-state index in [1.165, 1.54) is 0 Å². The largest absolute Gasteiger partial charge is 0.511 e. The van der Waals surface area contributed by atoms with Crippen molar-refractivity contribution in [1.29, 1.82) is 0 Å². The lowest BCUT2D eigenvalue weighted by Crippen LogP contribution is -2.24. The minimum absolute atomic E-state index is 0.00164. The van der Waals surface area contributed by atoms with E-state index in [0.717, 1.165) is 5.56 Å². The zero-order valence-electron chi connectivity index (χ0n) is 18.9. The number of ketones is 2. The zero-order chi connectivity index (χ0) is 23.4. The SMILES string of the molecule is CCC(CO)N=C1CCCC(=O)/C1=C(\O)CCc1noc2c1C(=O)CC(c1ccccc1)C2. The number of benzene rings is 1. The lowest BCUT2D eigenvalue weighted by Gasteiger charge is -2.21. The van der Waals surface area contributed by atoms with Crippen molar-refractivity contribution in [2.45, 2.75) is 70.3 Å². The molecule has 33 heavy (non-hydrogen) atoms. The minimum atomic E-state index is -0.286. The third-order valence-corrected chi connectivity index (χ3v) is 6.54. The van der Waals surface area contributed by atoms with Gasteiger partial charge in [-0.05, 0) is 30.7 Å². The third-order valence-electron chi connectivity index (χ3n) is 6.54. The van der Waals surface area contributed by atoms with Crippen LogP contribution in [0.25, 0.3) is 0 Å². The van der Waals surface area contributed by atoms with Crippen molar-refractivity contribution in [3.8, 4) is 0 Å². The van der Waals surface area contributed by atoms with E-state index in [1.54, 1.807) is 0 Å². The minimum Gasteiger partial charge on any atom is -0.511 e. The first-order valence-electron chi connectivity index (χ1n) is 11.7. The molecule has 0 bridgehead atoms. The van der Waals surface area contributed by atoms with Gasteiger partial charge in [0.1, 0.15) is 11.5 Å². The van der Waals surface area contributed by atoms with Crippen LogP contribution in [0.2, 0.25) is 0 Å². The van der Waals surface area contributed by atoms with Crippen LogP contribution in [0, 0.1) is 0 Å². The van der Waals surface area contributed by atoms with Gasteiger partial charge in [-0.15, -0.1) is 0 Å². The molecule has 174 valence electrons. The van der Waals surface area contributed by atoms with E-state index in [4.69, 9.17) is 4.52 Å². The number of allylic oxidation sites excluding steroid dienone is 2. The van der Waals surface area contributed by atoms with Crippen molar-refractivity contribution < 1.29 is 24.3 Å². The van der Waals surface area contributed by atoms with Gasteiger partial charge < -0.3 is 14.7 Å². The summed E-state index contributed by atoms with van der Waals surface area (Å²) in [7, 11) is 0. The number of nitrogens with zero attached hydrogens (tertiary/aromatic N) is 2. The number of carbonyl (C=O) groups excluding carboxylic acids is 2. The van der Waals surface area contributed by atoms with Crippen LogP contribution in [0.3, 0.4) is 0 Å². The van der Waals surface area contributed by atoms with Crippen molar-refractivity contribution in [1.82, 2.24) is 5.16 Å². The number of aromatic nitrogens is 1. The second-order valence-corrected chi connectivity index (χ2v) is 8.79. The molecule has 0 amide bonds. The molecule has 2 atom stereocenters. The summed E-state index contributed by atoms with van der Waals surface area (Å²) in [5.74, 6) is 0.493. The fraction of sp³-hybridized carbons (Fsp3) is 0.462. The molecule has 1 fully saturated rings. The van der Waals surface area contributed by atoms with Gasteiger partial charge in [0.15, 0.2) is 11.6 Å². The van der Waals surface area contributed by atoms with Gasteiger partial charge in [0.05, 0.1) is 29.5 Å². The van der Waals surface area contributed by atoms with E-state index in [9.17, 15) is 19.8 Å². The summed E-state index contributed by atoms with van der Waals surface area (Å²) in [4.78, 5) is 30.0. The van der Waals surface area contributed by atoms with Crippen LogP contribution >= 0.6 is 0 Å². The molecule has 0 aliphatic heterocycles. The Labute approximate surface area is 193 Å². The molecular formula is C26H30N2O5. The molecule has 1 saturated carbocycles. The summed E-state index contributed by atoms with van der Waals surface area (Å²) in [6.45, 7) is 1.82. The van der Waals surface area contributed by atoms with E-state index < -0.39 is 0 Å². The lowest BCUT2D eigenvalue weighted by molar-refractivity contribution is -0.115. The Bertz CT molecular complexity index is 1080. The van der Waals surface area contributed by atoms with Crippen molar-refractivity contribution >= 4 is 17.3 Å². The van der Waals surface area contributed by atoms with Crippen LogP contribution in [0.15, 0.2) is 51.2 Å². The molecule has 2 unspecified atom stereocenters. The van der Waals surface area contributed by atoms with Crippen molar-refractivity contribution in [2.24, 2.45) is 4.99 Å². The molecular weight excluding hydrogens is 420 g/mol. The van der Waals surface area contributed by atoms with Crippen molar-refractivity contribution in [3.63, 3.8) is 0 Å². The number of fused-ring (bicyclic) bond motifs is 1. The molecule has 7 nitrogen and oxygen atoms in total. The summed E-state index contributed by atoms with van der Waals surface area (Å²) < 4.78 is 5.52. The number of carbonyl (C=O) groups is 2. The van der Waals surface area contributed by atoms with E-state index in [2.05, 4.69) is 10.1 Å². The average Bonchev–Trinajstić information content (AvgIpc) is 3.25. The Balaban J connectivity index is 1.53. The van der Waals surface area contributed by atoms with Gasteiger partial charge >= 0.3 is 0 Å². The normalized spacial score (nSPS) is 22.4. The number of Topliss-reactive ketones (excluding diaryl/α,β-unsaturated/α-hetero) is 2. The van der Waals surface area contributed by atoms with E-state index in [-0.39, 0.29) is 47.9 Å². The van der Waals surface area contributed by atoms with Gasteiger partial charge in [-0.25, -0.2) is 0 Å². The zero-order valence-corrected chi connectivity index (χ0v) is 18.9. The standard InChI is InChI=1S/C26H30N2O5/c1-2-18(15-29)27-19-9-6-10-21(30)25(19)22(31)12-11-20-26-23(32)13-17(14-24(26)33-28-20)16-7-4-3-5-8-16/h3-5,7-8,17-18,29,31H,2,6,9-15H2,1H3/b25-22-,27-19?. The maximum Gasteiger partial charge on any atom is 0.168 e. The third kappa shape index (κ3) is 4.98. The average molecular weight is 451 g/mol. The smallest absolute Gasteiger partial charge is 0.168 e. The first-order valence-corrected chi connectivity index (χ1v) is 11.7. The topological polar surface area (TPSA) is 113 Å². The number of aliphatic hydroxyl groups is 2. The number of aliphatic imine (C=N–C) groups is 1. The highest BCUT2D eigenvalue weighted by molar-refractivity contribution is 6.24. The highest BCUT2D eigenvalue weighted by Gasteiger charge is 2.33. The van der Waals surface area contributed by atoms with Gasteiger partial charge in [0, 0.05) is 37.8 Å². The van der Waals surface area contributed by atoms with Gasteiger partial charge in [-0.3, -0.25) is 14.6 Å². The van der Waals surface area contributed by atoms with E-state index >= 15 is 0 Å². The first kappa shape index (κ1) is 23.1. The van der Waals surface area contributed by atoms with Crippen LogP contribution in [0.5, 0.6) is 0 Å². The molecule has 2 aromatic rings. The molecule has 7 heteroatoms. The second kappa shape index (κ2) is 10.3. The van der Waals surface area contributed by atoms with Crippen molar-refractivity contribution in [3.05, 3.63) is 64.2 Å². The molecule has 1 heterocycles. The Hall–Kier alpha value is -3.06. The predicted molar refractivity (Wildman–Crippen MR) is 124 cm³/mol. The van der Waals surface area contributed by atoms with E-state index in [0.29, 0.717) is 67.7 Å². The maximum atomic E-state index is 12.9. The highest BCUT2D eigenvalue weighted by Crippen LogP contribution is 2.35. The molecule has 0 spiro atoms. The molecule has 2 aliphatic rings. The molecule has 2 N–H and O–H groups in total. The van der Waals surface area contributed by atoms with Gasteiger partial charge in [0.2, 0.25) is 0 Å². The Morgan fingerprint density at radius 2 is 1.97 bits per heavy atom. The molecule has 1 aromatic carbocycles. The second-order valence-electron chi connectivity index (χ2n) is 8.79. The van der Waals surface area contributed by atoms with Crippen LogP contribution in [0.4, 0.5) is 0 Å². The fourth-order valence-corrected chi connectivity index (χ4v) is 4.70. The maximum absolute atomic E-state index is 12.9. The molecule has 2 aliphatic carbocycles. The van der Waals surface area contributed by atoms with E-state index in [1.807, 2.05) is 37.3 Å². The number of aryl methyl sites for hydroxylation is 1. The Kier molecular flexibility index (Phi) is 7.18. The summed E-state index contributed by atoms with van der Waals surface area (Å²) in [5, 5.41) is 24.4. The lowest BCUT2D eigenvalue weighted by atomic mass is 9.81. The highest BCUT2D eigenvalue weighted by atomic mass is 16.5. The molecule has 0 saturated heterocycles. The Morgan fingerprint density at radius 1 is 1.18 bits per heavy atom. The number of aliphatic hydroxyl groups excluding tert-OH is 2. The number of rotatable bonds is 7. The van der Waals surface area contributed by atoms with Crippen molar-refractivity contribution in [2.75, 3.05) is 6.61 Å². The quantitative estimate of drug-likeness (QED) is 0.480.